The Hall–Kier alpha value is -6.21. The molecule has 0 bridgehead atoms. The summed E-state index contributed by atoms with van der Waals surface area (Å²) in [5.41, 5.74) is 0. The quantitative estimate of drug-likeness (QED) is 0.0954. The Morgan fingerprint density at radius 1 is 0.581 bits per heavy atom. The van der Waals surface area contributed by atoms with Crippen LogP contribution in [0.5, 0.6) is 0 Å². The Bertz CT molecular complexity index is 2100. The van der Waals surface area contributed by atoms with Crippen LogP contribution < -0.4 is 5.32 Å². The van der Waals surface area contributed by atoms with E-state index in [0.29, 0.717) is 11.8 Å². The van der Waals surface area contributed by atoms with Crippen molar-refractivity contribution in [2.24, 2.45) is 0 Å². The largest absolute Gasteiger partial charge is 0.466 e. The van der Waals surface area contributed by atoms with E-state index in [1.807, 2.05) is 0 Å². The maximum Gasteiger partial charge on any atom is 0.348 e. The van der Waals surface area contributed by atoms with Gasteiger partial charge in [0, 0.05) is 88.3 Å². The number of methoxy groups -OCH3 is 1. The van der Waals surface area contributed by atoms with Gasteiger partial charge in [-0.3, -0.25) is 52.7 Å². The van der Waals surface area contributed by atoms with Crippen molar-refractivity contribution >= 4 is 83.3 Å². The molecule has 3 saturated heterocycles. The minimum atomic E-state index is -2.51. The molecule has 0 aliphatic carbocycles. The van der Waals surface area contributed by atoms with Crippen molar-refractivity contribution in [1.29, 1.82) is 0 Å². The van der Waals surface area contributed by atoms with Crippen LogP contribution in [0.15, 0.2) is 0 Å². The summed E-state index contributed by atoms with van der Waals surface area (Å²) in [5.74, 6) is -12.7. The monoisotopic (exact) mass is 1080 g/mol. The van der Waals surface area contributed by atoms with Gasteiger partial charge in [-0.05, 0) is 0 Å². The molecule has 16 atom stereocenters. The van der Waals surface area contributed by atoms with Gasteiger partial charge < -0.3 is 81.5 Å². The molecule has 3 rings (SSSR count). The number of nitrogens with one attached hydrogen (secondary N) is 1. The Morgan fingerprint density at radius 3 is 1.57 bits per heavy atom. The van der Waals surface area contributed by atoms with E-state index in [1.165, 1.54) is 0 Å². The predicted octanol–water partition coefficient (Wildman–Crippen LogP) is -1.71. The number of aliphatic hydroxyl groups excluding tert-OH is 1. The molecule has 3 aliphatic heterocycles. The molecule has 0 aromatic heterocycles. The van der Waals surface area contributed by atoms with Gasteiger partial charge in [0.15, 0.2) is 55.3 Å². The van der Waals surface area contributed by atoms with Gasteiger partial charge in [0.05, 0.1) is 13.2 Å². The van der Waals surface area contributed by atoms with Crippen LogP contribution in [0.3, 0.4) is 0 Å². The van der Waals surface area contributed by atoms with E-state index in [0.717, 1.165) is 83.3 Å². The summed E-state index contributed by atoms with van der Waals surface area (Å²) >= 11 is 0.467. The summed E-state index contributed by atoms with van der Waals surface area (Å²) < 4.78 is 84.7. The highest BCUT2D eigenvalue weighted by Crippen LogP contribution is 2.45. The number of rotatable bonds is 21. The molecule has 3 fully saturated rings. The third-order valence-corrected chi connectivity index (χ3v) is 11.8. The first-order chi connectivity index (χ1) is 34.5. The van der Waals surface area contributed by atoms with Crippen LogP contribution in [-0.4, -0.2) is 200 Å². The van der Waals surface area contributed by atoms with Crippen LogP contribution in [0, 0.1) is 0 Å². The summed E-state index contributed by atoms with van der Waals surface area (Å²) in [4.78, 5) is 150. The summed E-state index contributed by atoms with van der Waals surface area (Å²) in [7, 11) is 0.927. The molecule has 3 heterocycles. The highest BCUT2D eigenvalue weighted by Gasteiger charge is 2.61. The lowest BCUT2D eigenvalue weighted by atomic mass is 9.89. The van der Waals surface area contributed by atoms with Gasteiger partial charge >= 0.3 is 65.7 Å². The van der Waals surface area contributed by atoms with Gasteiger partial charge in [0.25, 0.3) is 0 Å². The Morgan fingerprint density at radius 2 is 1.08 bits per heavy atom. The van der Waals surface area contributed by atoms with Crippen LogP contribution in [0.25, 0.3) is 0 Å². The van der Waals surface area contributed by atoms with Crippen molar-refractivity contribution in [2.75, 3.05) is 26.1 Å². The van der Waals surface area contributed by atoms with Crippen LogP contribution in [0.2, 0.25) is 0 Å². The maximum atomic E-state index is 14.4. The van der Waals surface area contributed by atoms with Gasteiger partial charge in [-0.2, -0.15) is 0 Å². The van der Waals surface area contributed by atoms with Gasteiger partial charge in [-0.15, -0.1) is 11.8 Å². The SMILES string of the molecule is COC(=O)[C@@]1(SC[C@H]2O[C@@H](O[C@H]3[C@H](OC(C)=O)[C@@H](OC(C)=O)[C@H](O)O[C@@H]3COC(C)=O)[C@H](OC(C)=O)[C@@H](OC(C)=O)[C@@H]2OC(C)=O)C[C@H](OC(C)=O)[C@@H](NC(C)=O)[C@H]([C@H](OC(C)=O)[C@@H](COC(C)=O)OC(C)=O)O1. The van der Waals surface area contributed by atoms with Gasteiger partial charge in [-0.1, -0.05) is 0 Å². The molecule has 0 saturated carbocycles. The van der Waals surface area contributed by atoms with E-state index in [-0.39, 0.29) is 0 Å². The fourth-order valence-corrected chi connectivity index (χ4v) is 9.42. The van der Waals surface area contributed by atoms with Crippen molar-refractivity contribution in [1.82, 2.24) is 5.32 Å². The van der Waals surface area contributed by atoms with E-state index in [1.54, 1.807) is 0 Å². The second-order valence-electron chi connectivity index (χ2n) is 16.6. The molecule has 74 heavy (non-hydrogen) atoms. The molecule has 0 spiro atoms. The van der Waals surface area contributed by atoms with Gasteiger partial charge in [0.1, 0.15) is 43.7 Å². The molecular weight excluding hydrogens is 1020 g/mol. The molecule has 3 aliphatic rings. The molecular formula is C44H61NO28S. The van der Waals surface area contributed by atoms with Crippen LogP contribution >= 0.6 is 11.8 Å². The number of hydrogen-bond acceptors (Lipinski definition) is 29. The third-order valence-electron chi connectivity index (χ3n) is 10.4. The van der Waals surface area contributed by atoms with Crippen molar-refractivity contribution in [3.05, 3.63) is 0 Å². The number of esters is 11. The van der Waals surface area contributed by atoms with Crippen molar-refractivity contribution in [3.63, 3.8) is 0 Å². The van der Waals surface area contributed by atoms with E-state index in [2.05, 4.69) is 5.32 Å². The number of carbonyl (C=O) groups is 12. The zero-order valence-corrected chi connectivity index (χ0v) is 43.2. The fourth-order valence-electron chi connectivity index (χ4n) is 8.05. The lowest BCUT2D eigenvalue weighted by Crippen LogP contribution is -2.68. The molecule has 0 radical (unpaired) electrons. The van der Waals surface area contributed by atoms with Crippen LogP contribution in [0.4, 0.5) is 0 Å². The second kappa shape index (κ2) is 27.9. The summed E-state index contributed by atoms with van der Waals surface area (Å²) in [6.07, 6.45) is -26.7. The molecule has 0 aromatic carbocycles. The standard InChI is InChI=1S/C44H61NO28S/c1-17(46)45-32-28(62-20(4)49)13-44(43(58)59-12,73-36(32)33(64-22(6)51)29(63-21(5)50)14-60-18(2)47)74-16-31-35(65-23(7)52)38(67-25(9)54)40(69-27(11)56)42(71-31)72-34-30(15-61-19(3)48)70-41(57)39(68-26(10)55)37(34)66-24(8)53/h28-42,57H,13-16H2,1-12H3,(H,45,46)/t28-,29+,30+,31+,32+,33+,34+,35+,36+,37-,38-,39+,40+,41+,42-,44-/m0/s1. The van der Waals surface area contributed by atoms with E-state index < -0.39 is 194 Å². The topological polar surface area (TPSA) is 376 Å². The Kier molecular flexibility index (Phi) is 23.4. The number of hydrogen-bond donors (Lipinski definition) is 2. The summed E-state index contributed by atoms with van der Waals surface area (Å²) in [5, 5.41) is 13.5. The molecule has 2 N–H and O–H groups in total. The third kappa shape index (κ3) is 18.0. The predicted molar refractivity (Wildman–Crippen MR) is 236 cm³/mol. The smallest absolute Gasteiger partial charge is 0.348 e. The van der Waals surface area contributed by atoms with Crippen molar-refractivity contribution in [3.8, 4) is 0 Å². The number of aliphatic hydroxyl groups is 1. The average molecular weight is 1080 g/mol. The molecule has 29 nitrogen and oxygen atoms in total. The minimum absolute atomic E-state index is 0.467. The molecule has 0 aromatic rings. The highest BCUT2D eigenvalue weighted by atomic mass is 32.2. The van der Waals surface area contributed by atoms with Gasteiger partial charge in [-0.25, -0.2) is 4.79 Å². The zero-order valence-electron chi connectivity index (χ0n) is 42.4. The van der Waals surface area contributed by atoms with E-state index >= 15 is 0 Å². The molecule has 1 amide bonds. The summed E-state index contributed by atoms with van der Waals surface area (Å²) in [6.45, 7) is 9.14. The minimum Gasteiger partial charge on any atom is -0.466 e. The van der Waals surface area contributed by atoms with Crippen LogP contribution in [-0.2, 0) is 129 Å². The Balaban J connectivity index is 2.37. The number of amides is 1. The average Bonchev–Trinajstić information content (AvgIpc) is 3.26. The first kappa shape index (κ1) is 62.1. The number of thioether (sulfide) groups is 1. The zero-order chi connectivity index (χ0) is 55.9. The first-order valence-electron chi connectivity index (χ1n) is 22.4. The lowest BCUT2D eigenvalue weighted by molar-refractivity contribution is -0.353. The molecule has 30 heteroatoms. The molecule has 416 valence electrons. The highest BCUT2D eigenvalue weighted by molar-refractivity contribution is 8.01. The van der Waals surface area contributed by atoms with Crippen molar-refractivity contribution in [2.45, 2.75) is 179 Å². The van der Waals surface area contributed by atoms with E-state index in [9.17, 15) is 62.6 Å². The maximum absolute atomic E-state index is 14.4. The normalized spacial score (nSPS) is 30.2. The van der Waals surface area contributed by atoms with Crippen LogP contribution in [0.1, 0.15) is 82.6 Å². The second-order valence-corrected chi connectivity index (χ2v) is 17.9. The van der Waals surface area contributed by atoms with Crippen molar-refractivity contribution < 1.29 is 134 Å². The Labute approximate surface area is 427 Å². The lowest BCUT2D eigenvalue weighted by Gasteiger charge is -2.50. The summed E-state index contributed by atoms with van der Waals surface area (Å²) in [6, 6.07) is -1.57. The van der Waals surface area contributed by atoms with E-state index in [4.69, 9.17) is 71.1 Å². The number of ether oxygens (including phenoxy) is 15. The fraction of sp³-hybridized carbons (Fsp3) is 0.727. The first-order valence-corrected chi connectivity index (χ1v) is 23.4. The van der Waals surface area contributed by atoms with Gasteiger partial charge in [0.2, 0.25) is 10.8 Å². The number of carbonyl (C=O) groups excluding carboxylic acids is 12. The molecule has 0 unspecified atom stereocenters.